The number of halogens is 8. The van der Waals surface area contributed by atoms with E-state index in [-0.39, 0.29) is 18.4 Å². The predicted octanol–water partition coefficient (Wildman–Crippen LogP) is 14.7. The maximum absolute atomic E-state index is 14.9. The van der Waals surface area contributed by atoms with Gasteiger partial charge in [0.15, 0.2) is 0 Å². The third kappa shape index (κ3) is 9.37. The van der Waals surface area contributed by atoms with E-state index in [4.69, 9.17) is 36.7 Å². The molecule has 0 unspecified atom stereocenters. The van der Waals surface area contributed by atoms with Crippen molar-refractivity contribution in [3.05, 3.63) is 281 Å². The van der Waals surface area contributed by atoms with Crippen LogP contribution in [0, 0.1) is 0 Å². The van der Waals surface area contributed by atoms with E-state index < -0.39 is 50.2 Å². The molecule has 9 rings (SSSR count). The van der Waals surface area contributed by atoms with Crippen molar-refractivity contribution in [1.29, 1.82) is 0 Å². The molecule has 0 saturated heterocycles. The minimum atomic E-state index is -5.22. The Hall–Kier alpha value is -6.22. The number of hydrogen-bond acceptors (Lipinski definition) is 3. The third-order valence-corrected chi connectivity index (χ3v) is 25.3. The van der Waals surface area contributed by atoms with Crippen LogP contribution in [0.15, 0.2) is 249 Å². The van der Waals surface area contributed by atoms with Gasteiger partial charge in [0.05, 0.1) is 0 Å². The predicted molar refractivity (Wildman–Crippen MR) is 286 cm³/mol. The molecular formula is C58H45BCl2F6O3P2. The molecule has 0 amide bonds. The summed E-state index contributed by atoms with van der Waals surface area (Å²) in [6.07, 6.45) is -10.4. The Morgan fingerprint density at radius 2 is 0.597 bits per heavy atom. The van der Waals surface area contributed by atoms with Gasteiger partial charge in [0.25, 0.3) is 0 Å². The Bertz CT molecular complexity index is 2860. The number of benzene rings is 9. The Balaban J connectivity index is 1.49. The van der Waals surface area contributed by atoms with Crippen molar-refractivity contribution in [3.8, 4) is 5.75 Å². The van der Waals surface area contributed by atoms with Crippen molar-refractivity contribution >= 4 is 76.0 Å². The third-order valence-electron chi connectivity index (χ3n) is 13.1. The van der Waals surface area contributed by atoms with E-state index in [2.05, 4.69) is 0 Å². The summed E-state index contributed by atoms with van der Waals surface area (Å²) in [5, 5.41) is 4.55. The summed E-state index contributed by atoms with van der Waals surface area (Å²) < 4.78 is 113. The Morgan fingerprint density at radius 1 is 0.347 bits per heavy atom. The summed E-state index contributed by atoms with van der Waals surface area (Å²) in [4.78, 5) is 0. The zero-order chi connectivity index (χ0) is 50.5. The summed E-state index contributed by atoms with van der Waals surface area (Å²) in [6.45, 7) is -9.90. The van der Waals surface area contributed by atoms with Crippen LogP contribution >= 0.6 is 36.9 Å². The normalized spacial score (nSPS) is 13.3. The molecule has 0 aromatic heterocycles. The quantitative estimate of drug-likeness (QED) is 0.0548. The molecule has 0 atom stereocenters. The molecule has 0 saturated carbocycles. The first-order valence-electron chi connectivity index (χ1n) is 22.8. The van der Waals surface area contributed by atoms with Crippen molar-refractivity contribution in [3.63, 3.8) is 0 Å². The van der Waals surface area contributed by atoms with Gasteiger partial charge in [0.1, 0.15) is 0 Å². The van der Waals surface area contributed by atoms with Crippen LogP contribution in [0.1, 0.15) is 22.3 Å². The fourth-order valence-corrected chi connectivity index (χ4v) is 21.8. The Kier molecular flexibility index (Phi) is 14.3. The summed E-state index contributed by atoms with van der Waals surface area (Å²) in [5.41, 5.74) is -1.91. The Labute approximate surface area is 425 Å². The van der Waals surface area contributed by atoms with Gasteiger partial charge in [-0.15, -0.1) is 0 Å². The van der Waals surface area contributed by atoms with Crippen LogP contribution in [0.2, 0.25) is 10.0 Å². The SMILES string of the molecule is FC(F)(F)c1cc(OB(OP(Cc2ccccc2Cl)(c2ccccc2)(c2ccccc2)c2ccccc2)OP(Cc2ccccc2Cl)(c2ccccc2)(c2ccccc2)c2ccccc2)cc(C(F)(F)F)c1. The summed E-state index contributed by atoms with van der Waals surface area (Å²) in [6, 6.07) is 72.0. The van der Waals surface area contributed by atoms with Gasteiger partial charge < -0.3 is 0 Å². The monoisotopic (exact) mass is 1050 g/mol. The van der Waals surface area contributed by atoms with Crippen LogP contribution in [0.5, 0.6) is 5.75 Å². The molecule has 9 aromatic carbocycles. The van der Waals surface area contributed by atoms with Crippen LogP contribution in [-0.4, -0.2) is 7.32 Å². The number of rotatable bonds is 16. The molecule has 364 valence electrons. The first-order valence-corrected chi connectivity index (χ1v) is 28.3. The van der Waals surface area contributed by atoms with E-state index >= 15 is 0 Å². The molecular weight excluding hydrogens is 1000 g/mol. The van der Waals surface area contributed by atoms with E-state index in [1.807, 2.05) is 206 Å². The molecule has 0 heterocycles. The van der Waals surface area contributed by atoms with E-state index in [1.165, 1.54) is 0 Å². The second-order valence-corrected chi connectivity index (χ2v) is 27.1. The maximum atomic E-state index is 14.9. The van der Waals surface area contributed by atoms with Crippen LogP contribution < -0.4 is 36.5 Å². The first kappa shape index (κ1) is 50.7. The number of alkyl halides is 6. The van der Waals surface area contributed by atoms with Gasteiger partial charge in [-0.05, 0) is 0 Å². The minimum absolute atomic E-state index is 0.0193. The zero-order valence-electron chi connectivity index (χ0n) is 38.3. The Morgan fingerprint density at radius 3 is 0.847 bits per heavy atom. The van der Waals surface area contributed by atoms with Gasteiger partial charge in [0, 0.05) is 0 Å². The van der Waals surface area contributed by atoms with Crippen LogP contribution in [0.3, 0.4) is 0 Å². The van der Waals surface area contributed by atoms with E-state index in [9.17, 15) is 26.3 Å². The molecule has 0 fully saturated rings. The van der Waals surface area contributed by atoms with Crippen LogP contribution in [0.4, 0.5) is 26.3 Å². The van der Waals surface area contributed by atoms with Crippen molar-refractivity contribution in [2.45, 2.75) is 24.7 Å². The second kappa shape index (κ2) is 20.4. The van der Waals surface area contributed by atoms with Gasteiger partial charge in [0.2, 0.25) is 0 Å². The molecule has 0 radical (unpaired) electrons. The van der Waals surface area contributed by atoms with E-state index in [1.54, 1.807) is 24.3 Å². The molecule has 3 nitrogen and oxygen atoms in total. The molecule has 0 aliphatic carbocycles. The molecule has 0 aliphatic rings. The van der Waals surface area contributed by atoms with Gasteiger partial charge >= 0.3 is 427 Å². The van der Waals surface area contributed by atoms with Gasteiger partial charge in [-0.1, -0.05) is 0 Å². The van der Waals surface area contributed by atoms with Crippen LogP contribution in [-0.2, 0) is 33.6 Å². The van der Waals surface area contributed by atoms with Gasteiger partial charge in [-0.2, -0.15) is 0 Å². The molecule has 72 heavy (non-hydrogen) atoms. The van der Waals surface area contributed by atoms with E-state index in [0.29, 0.717) is 65.1 Å². The van der Waals surface area contributed by atoms with Crippen molar-refractivity contribution in [1.82, 2.24) is 0 Å². The van der Waals surface area contributed by atoms with Crippen molar-refractivity contribution < 1.29 is 39.9 Å². The second-order valence-electron chi connectivity index (χ2n) is 17.3. The molecule has 9 aromatic rings. The molecule has 0 spiro atoms. The van der Waals surface area contributed by atoms with E-state index in [0.717, 1.165) is 0 Å². The van der Waals surface area contributed by atoms with Gasteiger partial charge in [-0.3, -0.25) is 0 Å². The fourth-order valence-electron chi connectivity index (χ4n) is 9.79. The zero-order valence-corrected chi connectivity index (χ0v) is 41.6. The standard InChI is InChI=1S/C58H45BCl2F6O3P2/c60-55-37-21-19-23-44(55)42-71(49-25-7-1-8-26-49,50-27-9-2-10-28-50,51-29-11-3-12-30-51)69-59(68-48-40-46(57(62,63)64)39-47(41-48)58(65,66)67)70-72(52-31-13-4-14-32-52,53-33-15-5-16-34-53,54-35-17-6-18-36-54)43-45-24-20-22-38-56(45)61/h1-41H,42-43H2. The van der Waals surface area contributed by atoms with Crippen molar-refractivity contribution in [2.24, 2.45) is 0 Å². The molecule has 14 heteroatoms. The molecule has 0 bridgehead atoms. The first-order chi connectivity index (χ1) is 34.6. The average Bonchev–Trinajstić information content (AvgIpc) is 3.40. The summed E-state index contributed by atoms with van der Waals surface area (Å²) in [7, 11) is -2.16. The summed E-state index contributed by atoms with van der Waals surface area (Å²) >= 11 is 14.4. The summed E-state index contributed by atoms with van der Waals surface area (Å²) in [5.74, 6) is -0.811. The fraction of sp³-hybridized carbons (Fsp3) is 0.0690. The van der Waals surface area contributed by atoms with Gasteiger partial charge in [-0.25, -0.2) is 0 Å². The molecule has 0 aliphatic heterocycles. The average molecular weight is 1050 g/mol. The van der Waals surface area contributed by atoms with Crippen molar-refractivity contribution in [2.75, 3.05) is 0 Å². The van der Waals surface area contributed by atoms with Crippen LogP contribution in [0.25, 0.3) is 0 Å². The molecule has 0 N–H and O–H groups in total. The number of hydrogen-bond donors (Lipinski definition) is 0. The topological polar surface area (TPSA) is 27.7 Å².